The molecular weight excluding hydrogens is 306 g/mol. The van der Waals surface area contributed by atoms with Gasteiger partial charge in [-0.15, -0.1) is 0 Å². The van der Waals surface area contributed by atoms with Crippen LogP contribution in [-0.2, 0) is 4.74 Å². The average molecular weight is 335 g/mol. The third-order valence-electron chi connectivity index (χ3n) is 3.77. The molecule has 2 unspecified atom stereocenters. The zero-order valence-electron chi connectivity index (χ0n) is 14.9. The van der Waals surface area contributed by atoms with Crippen LogP contribution in [0.3, 0.4) is 0 Å². The Morgan fingerprint density at radius 2 is 2.04 bits per heavy atom. The fraction of sp³-hybridized carbons (Fsp3) is 0.611. The largest absolute Gasteiger partial charge is 0.497 e. The summed E-state index contributed by atoms with van der Waals surface area (Å²) in [6, 6.07) is 7.58. The fourth-order valence-electron chi connectivity index (χ4n) is 2.50. The zero-order chi connectivity index (χ0) is 17.2. The summed E-state index contributed by atoms with van der Waals surface area (Å²) < 4.78 is 16.6. The molecule has 6 nitrogen and oxygen atoms in total. The van der Waals surface area contributed by atoms with Gasteiger partial charge in [0.15, 0.2) is 5.96 Å². The molecule has 1 heterocycles. The van der Waals surface area contributed by atoms with Crippen molar-refractivity contribution < 1.29 is 14.2 Å². The molecule has 0 bridgehead atoms. The van der Waals surface area contributed by atoms with Crippen molar-refractivity contribution in [2.45, 2.75) is 38.9 Å². The van der Waals surface area contributed by atoms with Crippen molar-refractivity contribution in [1.29, 1.82) is 0 Å². The third-order valence-corrected chi connectivity index (χ3v) is 3.77. The van der Waals surface area contributed by atoms with Gasteiger partial charge >= 0.3 is 0 Å². The SMILES string of the molecule is CCNC(=NCC(C)Oc1ccc(OC)cc1)NCC1CCCO1. The van der Waals surface area contributed by atoms with Gasteiger partial charge in [-0.05, 0) is 51.0 Å². The molecule has 0 aromatic heterocycles. The number of methoxy groups -OCH3 is 1. The first-order valence-corrected chi connectivity index (χ1v) is 8.65. The Hall–Kier alpha value is -1.95. The number of hydrogen-bond donors (Lipinski definition) is 2. The molecule has 0 amide bonds. The quantitative estimate of drug-likeness (QED) is 0.563. The molecule has 2 atom stereocenters. The van der Waals surface area contributed by atoms with Gasteiger partial charge in [0.05, 0.1) is 19.8 Å². The maximum atomic E-state index is 5.88. The lowest BCUT2D eigenvalue weighted by Crippen LogP contribution is -2.41. The summed E-state index contributed by atoms with van der Waals surface area (Å²) in [7, 11) is 1.65. The van der Waals surface area contributed by atoms with Gasteiger partial charge in [0.2, 0.25) is 0 Å². The van der Waals surface area contributed by atoms with Crippen molar-refractivity contribution in [1.82, 2.24) is 10.6 Å². The molecule has 1 aliphatic rings. The van der Waals surface area contributed by atoms with Gasteiger partial charge in [0.1, 0.15) is 17.6 Å². The molecular formula is C18H29N3O3. The minimum absolute atomic E-state index is 0.0171. The van der Waals surface area contributed by atoms with E-state index in [0.29, 0.717) is 12.6 Å². The minimum Gasteiger partial charge on any atom is -0.497 e. The lowest BCUT2D eigenvalue weighted by atomic mass is 10.2. The molecule has 0 aliphatic carbocycles. The second-order valence-electron chi connectivity index (χ2n) is 5.84. The predicted octanol–water partition coefficient (Wildman–Crippen LogP) is 2.20. The number of guanidine groups is 1. The van der Waals surface area contributed by atoms with Crippen molar-refractivity contribution in [3.05, 3.63) is 24.3 Å². The van der Waals surface area contributed by atoms with Crippen LogP contribution in [0.2, 0.25) is 0 Å². The first-order chi connectivity index (χ1) is 11.7. The maximum absolute atomic E-state index is 5.88. The predicted molar refractivity (Wildman–Crippen MR) is 96.0 cm³/mol. The Kier molecular flexibility index (Phi) is 7.68. The second kappa shape index (κ2) is 10.0. The summed E-state index contributed by atoms with van der Waals surface area (Å²) in [4.78, 5) is 4.59. The van der Waals surface area contributed by atoms with Crippen LogP contribution in [-0.4, -0.2) is 51.5 Å². The van der Waals surface area contributed by atoms with E-state index in [0.717, 1.165) is 50.0 Å². The van der Waals surface area contributed by atoms with Crippen molar-refractivity contribution in [2.75, 3.05) is 33.4 Å². The molecule has 2 rings (SSSR count). The smallest absolute Gasteiger partial charge is 0.191 e. The van der Waals surface area contributed by atoms with Gasteiger partial charge in [0, 0.05) is 19.7 Å². The van der Waals surface area contributed by atoms with Crippen molar-refractivity contribution >= 4 is 5.96 Å². The summed E-state index contributed by atoms with van der Waals surface area (Å²) >= 11 is 0. The van der Waals surface area contributed by atoms with Gasteiger partial charge in [0.25, 0.3) is 0 Å². The number of nitrogens with one attached hydrogen (secondary N) is 2. The van der Waals surface area contributed by atoms with Crippen molar-refractivity contribution in [3.8, 4) is 11.5 Å². The van der Waals surface area contributed by atoms with Crippen molar-refractivity contribution in [3.63, 3.8) is 0 Å². The molecule has 6 heteroatoms. The molecule has 1 aromatic carbocycles. The number of nitrogens with zero attached hydrogens (tertiary/aromatic N) is 1. The summed E-state index contributed by atoms with van der Waals surface area (Å²) in [6.45, 7) is 7.13. The number of ether oxygens (including phenoxy) is 3. The van der Waals surface area contributed by atoms with Gasteiger partial charge < -0.3 is 24.8 Å². The Balaban J connectivity index is 1.79. The monoisotopic (exact) mass is 335 g/mol. The highest BCUT2D eigenvalue weighted by molar-refractivity contribution is 5.79. The Labute approximate surface area is 144 Å². The average Bonchev–Trinajstić information content (AvgIpc) is 3.11. The number of hydrogen-bond acceptors (Lipinski definition) is 4. The normalized spacial score (nSPS) is 19.0. The van der Waals surface area contributed by atoms with E-state index in [1.165, 1.54) is 0 Å². The second-order valence-corrected chi connectivity index (χ2v) is 5.84. The van der Waals surface area contributed by atoms with Crippen LogP contribution in [0.1, 0.15) is 26.7 Å². The molecule has 1 aliphatic heterocycles. The van der Waals surface area contributed by atoms with Crippen LogP contribution in [0, 0.1) is 0 Å². The standard InChI is InChI=1S/C18H29N3O3/c1-4-19-18(21-13-17-6-5-11-23-17)20-12-14(2)24-16-9-7-15(22-3)8-10-16/h7-10,14,17H,4-6,11-13H2,1-3H3,(H2,19,20,21). The number of rotatable bonds is 8. The molecule has 2 N–H and O–H groups in total. The lowest BCUT2D eigenvalue weighted by molar-refractivity contribution is 0.113. The first-order valence-electron chi connectivity index (χ1n) is 8.65. The van der Waals surface area contributed by atoms with Crippen LogP contribution in [0.4, 0.5) is 0 Å². The molecule has 1 fully saturated rings. The topological polar surface area (TPSA) is 64.1 Å². The van der Waals surface area contributed by atoms with Crippen molar-refractivity contribution in [2.24, 2.45) is 4.99 Å². The molecule has 24 heavy (non-hydrogen) atoms. The lowest BCUT2D eigenvalue weighted by Gasteiger charge is -2.17. The molecule has 1 aromatic rings. The Morgan fingerprint density at radius 1 is 1.29 bits per heavy atom. The third kappa shape index (κ3) is 6.28. The highest BCUT2D eigenvalue weighted by Gasteiger charge is 2.15. The molecule has 1 saturated heterocycles. The van der Waals surface area contributed by atoms with Crippen LogP contribution in [0.5, 0.6) is 11.5 Å². The minimum atomic E-state index is -0.0171. The highest BCUT2D eigenvalue weighted by Crippen LogP contribution is 2.18. The Bertz CT molecular complexity index is 499. The summed E-state index contributed by atoms with van der Waals surface area (Å²) in [5.41, 5.74) is 0. The van der Waals surface area contributed by atoms with Gasteiger partial charge in [-0.1, -0.05) is 0 Å². The van der Waals surface area contributed by atoms with E-state index >= 15 is 0 Å². The number of aliphatic imine (C=N–C) groups is 1. The summed E-state index contributed by atoms with van der Waals surface area (Å²) in [6.07, 6.45) is 2.54. The van der Waals surface area contributed by atoms with E-state index in [-0.39, 0.29) is 6.10 Å². The van der Waals surface area contributed by atoms with Crippen LogP contribution >= 0.6 is 0 Å². The number of benzene rings is 1. The summed E-state index contributed by atoms with van der Waals surface area (Å²) in [5, 5.41) is 6.59. The maximum Gasteiger partial charge on any atom is 0.191 e. The van der Waals surface area contributed by atoms with E-state index in [1.807, 2.05) is 31.2 Å². The molecule has 0 saturated carbocycles. The summed E-state index contributed by atoms with van der Waals surface area (Å²) in [5.74, 6) is 2.44. The fourth-order valence-corrected chi connectivity index (χ4v) is 2.50. The van der Waals surface area contributed by atoms with E-state index in [9.17, 15) is 0 Å². The van der Waals surface area contributed by atoms with Crippen LogP contribution in [0.25, 0.3) is 0 Å². The molecule has 134 valence electrons. The van der Waals surface area contributed by atoms with E-state index in [4.69, 9.17) is 14.2 Å². The van der Waals surface area contributed by atoms with E-state index in [2.05, 4.69) is 22.5 Å². The van der Waals surface area contributed by atoms with E-state index in [1.54, 1.807) is 7.11 Å². The highest BCUT2D eigenvalue weighted by atomic mass is 16.5. The van der Waals surface area contributed by atoms with Crippen LogP contribution in [0.15, 0.2) is 29.3 Å². The molecule has 0 radical (unpaired) electrons. The van der Waals surface area contributed by atoms with Gasteiger partial charge in [-0.25, -0.2) is 4.99 Å². The first kappa shape index (κ1) is 18.4. The van der Waals surface area contributed by atoms with Gasteiger partial charge in [-0.2, -0.15) is 0 Å². The van der Waals surface area contributed by atoms with Gasteiger partial charge in [-0.3, -0.25) is 0 Å². The molecule has 0 spiro atoms. The zero-order valence-corrected chi connectivity index (χ0v) is 14.9. The van der Waals surface area contributed by atoms with Crippen LogP contribution < -0.4 is 20.1 Å². The van der Waals surface area contributed by atoms with E-state index < -0.39 is 0 Å². The Morgan fingerprint density at radius 3 is 2.67 bits per heavy atom.